The van der Waals surface area contributed by atoms with E-state index in [1.165, 1.54) is 0 Å². The van der Waals surface area contributed by atoms with Crippen LogP contribution in [0.5, 0.6) is 0 Å². The topological polar surface area (TPSA) is 55.1 Å². The van der Waals surface area contributed by atoms with Gasteiger partial charge in [-0.25, -0.2) is 0 Å². The first-order valence-corrected chi connectivity index (χ1v) is 6.74. The predicted octanol–water partition coefficient (Wildman–Crippen LogP) is 3.29. The summed E-state index contributed by atoms with van der Waals surface area (Å²) in [6.07, 6.45) is 0. The highest BCUT2D eigenvalue weighted by Gasteiger charge is 2.13. The van der Waals surface area contributed by atoms with Crippen LogP contribution in [0.2, 0.25) is 0 Å². The minimum Gasteiger partial charge on any atom is -0.361 e. The van der Waals surface area contributed by atoms with Crippen LogP contribution in [0.25, 0.3) is 0 Å². The van der Waals surface area contributed by atoms with Crippen LogP contribution in [0.1, 0.15) is 32.9 Å². The largest absolute Gasteiger partial charge is 0.361 e. The molecule has 0 spiro atoms. The van der Waals surface area contributed by atoms with Gasteiger partial charge in [-0.15, -0.1) is 0 Å². The third kappa shape index (κ3) is 3.04. The third-order valence-corrected chi connectivity index (χ3v) is 3.66. The molecule has 1 N–H and O–H groups in total. The van der Waals surface area contributed by atoms with Gasteiger partial charge < -0.3 is 9.84 Å². The molecular formula is C14H15BrN2O2. The van der Waals surface area contributed by atoms with Crippen LogP contribution in [0.4, 0.5) is 0 Å². The van der Waals surface area contributed by atoms with Gasteiger partial charge in [0.2, 0.25) is 0 Å². The van der Waals surface area contributed by atoms with Gasteiger partial charge in [0.25, 0.3) is 5.91 Å². The molecule has 5 heteroatoms. The lowest BCUT2D eigenvalue weighted by molar-refractivity contribution is 0.0950. The van der Waals surface area contributed by atoms with Crippen LogP contribution in [0.3, 0.4) is 0 Å². The van der Waals surface area contributed by atoms with Crippen LogP contribution in [-0.4, -0.2) is 11.1 Å². The van der Waals surface area contributed by atoms with E-state index in [0.717, 1.165) is 27.1 Å². The van der Waals surface area contributed by atoms with Crippen molar-refractivity contribution in [1.29, 1.82) is 0 Å². The molecule has 1 amide bonds. The van der Waals surface area contributed by atoms with Crippen molar-refractivity contribution in [2.75, 3.05) is 0 Å². The van der Waals surface area contributed by atoms with Gasteiger partial charge >= 0.3 is 0 Å². The summed E-state index contributed by atoms with van der Waals surface area (Å²) in [6.45, 7) is 6.07. The van der Waals surface area contributed by atoms with Crippen molar-refractivity contribution in [2.45, 2.75) is 27.3 Å². The molecular weight excluding hydrogens is 308 g/mol. The summed E-state index contributed by atoms with van der Waals surface area (Å²) in [5, 5.41) is 6.75. The average Bonchev–Trinajstić information content (AvgIpc) is 2.69. The number of hydrogen-bond donors (Lipinski definition) is 1. The fraction of sp³-hybridized carbons (Fsp3) is 0.286. The Morgan fingerprint density at radius 1 is 1.37 bits per heavy atom. The smallest absolute Gasteiger partial charge is 0.252 e. The first kappa shape index (κ1) is 13.8. The van der Waals surface area contributed by atoms with E-state index in [1.807, 2.05) is 39.0 Å². The predicted molar refractivity (Wildman–Crippen MR) is 76.0 cm³/mol. The molecule has 2 rings (SSSR count). The molecule has 0 aliphatic rings. The molecule has 1 heterocycles. The molecule has 1 aromatic carbocycles. The fourth-order valence-corrected chi connectivity index (χ4v) is 2.26. The van der Waals surface area contributed by atoms with Crippen molar-refractivity contribution in [1.82, 2.24) is 10.5 Å². The second kappa shape index (κ2) is 5.57. The number of hydrogen-bond acceptors (Lipinski definition) is 3. The Morgan fingerprint density at radius 3 is 2.74 bits per heavy atom. The van der Waals surface area contributed by atoms with Crippen LogP contribution < -0.4 is 5.32 Å². The maximum atomic E-state index is 12.1. The minimum absolute atomic E-state index is 0.115. The molecule has 2 aromatic rings. The number of nitrogens with zero attached hydrogens (tertiary/aromatic N) is 1. The van der Waals surface area contributed by atoms with Gasteiger partial charge in [0.15, 0.2) is 0 Å². The van der Waals surface area contributed by atoms with Crippen LogP contribution in [0.15, 0.2) is 27.2 Å². The Morgan fingerprint density at radius 2 is 2.11 bits per heavy atom. The normalized spacial score (nSPS) is 10.5. The Kier molecular flexibility index (Phi) is 4.04. The van der Waals surface area contributed by atoms with Crippen molar-refractivity contribution in [3.8, 4) is 0 Å². The molecule has 0 saturated carbocycles. The lowest BCUT2D eigenvalue weighted by atomic mass is 10.1. The number of aromatic nitrogens is 1. The number of rotatable bonds is 3. The summed E-state index contributed by atoms with van der Waals surface area (Å²) in [5.41, 5.74) is 3.41. The van der Waals surface area contributed by atoms with Gasteiger partial charge in [-0.1, -0.05) is 16.8 Å². The average molecular weight is 323 g/mol. The van der Waals surface area contributed by atoms with Crippen LogP contribution >= 0.6 is 15.9 Å². The molecule has 19 heavy (non-hydrogen) atoms. The number of carbonyl (C=O) groups is 1. The van der Waals surface area contributed by atoms with E-state index < -0.39 is 0 Å². The van der Waals surface area contributed by atoms with Crippen LogP contribution in [0, 0.1) is 20.8 Å². The zero-order valence-corrected chi connectivity index (χ0v) is 12.7. The van der Waals surface area contributed by atoms with Crippen molar-refractivity contribution >= 4 is 21.8 Å². The van der Waals surface area contributed by atoms with Gasteiger partial charge in [-0.2, -0.15) is 0 Å². The molecule has 0 aliphatic carbocycles. The van der Waals surface area contributed by atoms with Gasteiger partial charge in [-0.05, 0) is 48.8 Å². The molecule has 0 atom stereocenters. The molecule has 0 fully saturated rings. The monoisotopic (exact) mass is 322 g/mol. The SMILES string of the molecule is Cc1ccc(Br)c(C(=O)NCc2c(C)noc2C)c1. The zero-order chi connectivity index (χ0) is 14.0. The molecule has 100 valence electrons. The lowest BCUT2D eigenvalue weighted by Crippen LogP contribution is -2.23. The maximum absolute atomic E-state index is 12.1. The zero-order valence-electron chi connectivity index (χ0n) is 11.1. The van der Waals surface area contributed by atoms with Gasteiger partial charge in [-0.3, -0.25) is 4.79 Å². The Labute approximate surface area is 120 Å². The lowest BCUT2D eigenvalue weighted by Gasteiger charge is -2.07. The minimum atomic E-state index is -0.115. The number of carbonyl (C=O) groups excluding carboxylic acids is 1. The van der Waals surface area contributed by atoms with E-state index >= 15 is 0 Å². The number of aryl methyl sites for hydroxylation is 3. The first-order chi connectivity index (χ1) is 8.99. The molecule has 0 radical (unpaired) electrons. The van der Waals surface area contributed by atoms with Crippen molar-refractivity contribution < 1.29 is 9.32 Å². The standard InChI is InChI=1S/C14H15BrN2O2/c1-8-4-5-13(15)11(6-8)14(18)16-7-12-9(2)17-19-10(12)3/h4-6H,7H2,1-3H3,(H,16,18). The van der Waals surface area contributed by atoms with E-state index in [1.54, 1.807) is 0 Å². The Hall–Kier alpha value is -1.62. The molecule has 1 aromatic heterocycles. The van der Waals surface area contributed by atoms with Gasteiger partial charge in [0, 0.05) is 16.6 Å². The van der Waals surface area contributed by atoms with E-state index in [2.05, 4.69) is 26.4 Å². The van der Waals surface area contributed by atoms with E-state index in [9.17, 15) is 4.79 Å². The summed E-state index contributed by atoms with van der Waals surface area (Å²) in [6, 6.07) is 5.68. The second-order valence-corrected chi connectivity index (χ2v) is 5.32. The highest BCUT2D eigenvalue weighted by molar-refractivity contribution is 9.10. The maximum Gasteiger partial charge on any atom is 0.252 e. The van der Waals surface area contributed by atoms with Crippen molar-refractivity contribution in [2.24, 2.45) is 0 Å². The third-order valence-electron chi connectivity index (χ3n) is 2.97. The van der Waals surface area contributed by atoms with Crippen LogP contribution in [-0.2, 0) is 6.54 Å². The Balaban J connectivity index is 2.12. The highest BCUT2D eigenvalue weighted by atomic mass is 79.9. The quantitative estimate of drug-likeness (QED) is 0.943. The molecule has 0 bridgehead atoms. The second-order valence-electron chi connectivity index (χ2n) is 4.47. The summed E-state index contributed by atoms with van der Waals surface area (Å²) < 4.78 is 5.85. The van der Waals surface area contributed by atoms with E-state index in [0.29, 0.717) is 12.1 Å². The first-order valence-electron chi connectivity index (χ1n) is 5.95. The molecule has 0 saturated heterocycles. The van der Waals surface area contributed by atoms with Crippen molar-refractivity contribution in [3.05, 3.63) is 50.8 Å². The molecule has 4 nitrogen and oxygen atoms in total. The van der Waals surface area contributed by atoms with Crippen molar-refractivity contribution in [3.63, 3.8) is 0 Å². The number of halogens is 1. The van der Waals surface area contributed by atoms with E-state index in [-0.39, 0.29) is 5.91 Å². The molecule has 0 aliphatic heterocycles. The summed E-state index contributed by atoms with van der Waals surface area (Å²) in [4.78, 5) is 12.1. The number of benzene rings is 1. The Bertz CT molecular complexity index is 600. The summed E-state index contributed by atoms with van der Waals surface area (Å²) in [7, 11) is 0. The molecule has 0 unspecified atom stereocenters. The number of amides is 1. The van der Waals surface area contributed by atoms with Gasteiger partial charge in [0.05, 0.1) is 11.3 Å². The summed E-state index contributed by atoms with van der Waals surface area (Å²) >= 11 is 3.39. The highest BCUT2D eigenvalue weighted by Crippen LogP contribution is 2.18. The van der Waals surface area contributed by atoms with E-state index in [4.69, 9.17) is 4.52 Å². The summed E-state index contributed by atoms with van der Waals surface area (Å²) in [5.74, 6) is 0.622. The number of nitrogens with one attached hydrogen (secondary N) is 1. The van der Waals surface area contributed by atoms with Gasteiger partial charge in [0.1, 0.15) is 5.76 Å². The fourth-order valence-electron chi connectivity index (χ4n) is 1.83.